The van der Waals surface area contributed by atoms with E-state index in [-0.39, 0.29) is 29.5 Å². The number of aromatic nitrogens is 4. The summed E-state index contributed by atoms with van der Waals surface area (Å²) in [5, 5.41) is 12.7. The molecule has 2 heterocycles. The molecule has 0 saturated carbocycles. The van der Waals surface area contributed by atoms with Crippen LogP contribution in [-0.4, -0.2) is 38.7 Å². The maximum Gasteiger partial charge on any atom is 0.433 e. The van der Waals surface area contributed by atoms with E-state index in [9.17, 15) is 18.0 Å². The van der Waals surface area contributed by atoms with Gasteiger partial charge in [-0.05, 0) is 30.0 Å². The van der Waals surface area contributed by atoms with Crippen LogP contribution in [0.1, 0.15) is 47.1 Å². The molecule has 3 N–H and O–H groups in total. The minimum Gasteiger partial charge on any atom is -0.369 e. The summed E-state index contributed by atoms with van der Waals surface area (Å²) in [5.41, 5.74) is -0.874. The number of carbonyl (C=O) groups excluding carboxylic acids is 1. The summed E-state index contributed by atoms with van der Waals surface area (Å²) in [6.45, 7) is 2.75. The molecular formula is C22H24ClF3N6O2S. The van der Waals surface area contributed by atoms with Gasteiger partial charge in [0.1, 0.15) is 23.5 Å². The largest absolute Gasteiger partial charge is 0.433 e. The molecule has 3 aromatic rings. The van der Waals surface area contributed by atoms with E-state index in [1.165, 1.54) is 12.5 Å². The number of ketones is 1. The van der Waals surface area contributed by atoms with Crippen LogP contribution in [0.3, 0.4) is 0 Å². The highest BCUT2D eigenvalue weighted by molar-refractivity contribution is 7.92. The van der Waals surface area contributed by atoms with Gasteiger partial charge in [-0.1, -0.05) is 37.1 Å². The van der Waals surface area contributed by atoms with E-state index in [1.54, 1.807) is 24.3 Å². The SMILES string of the molecule is CCC(CCNc1ncncc1C(=O)c1cc(C(F)(F)F)n(Cc2cccc(Cl)c2)n1)COSN. The number of hydrogen-bond donors (Lipinski definition) is 2. The van der Waals surface area contributed by atoms with Crippen molar-refractivity contribution in [2.45, 2.75) is 32.5 Å². The zero-order valence-electron chi connectivity index (χ0n) is 18.8. The van der Waals surface area contributed by atoms with E-state index < -0.39 is 17.7 Å². The third kappa shape index (κ3) is 7.40. The number of benzene rings is 1. The van der Waals surface area contributed by atoms with Gasteiger partial charge in [-0.15, -0.1) is 0 Å². The molecule has 8 nitrogen and oxygen atoms in total. The molecule has 35 heavy (non-hydrogen) atoms. The number of alkyl halides is 3. The van der Waals surface area contributed by atoms with Gasteiger partial charge in [0.2, 0.25) is 5.78 Å². The standard InChI is InChI=1S/C22H24ClF3N6O2S/c1-2-14(12-34-35-27)6-7-29-21-17(10-28-13-30-21)20(33)18-9-19(22(24,25)26)32(31-18)11-15-4-3-5-16(23)8-15/h3-5,8-10,13-14H,2,6-7,11-12,27H2,1H3,(H,28,29,30). The molecule has 1 atom stereocenters. The smallest absolute Gasteiger partial charge is 0.369 e. The average molecular weight is 529 g/mol. The molecule has 1 aromatic carbocycles. The first-order chi connectivity index (χ1) is 16.7. The molecule has 0 fully saturated rings. The number of halogens is 4. The average Bonchev–Trinajstić information content (AvgIpc) is 3.25. The zero-order chi connectivity index (χ0) is 25.4. The number of nitrogens with two attached hydrogens (primary N) is 1. The fraction of sp³-hybridized carbons (Fsp3) is 0.364. The summed E-state index contributed by atoms with van der Waals surface area (Å²) in [6.07, 6.45) is -0.628. The van der Waals surface area contributed by atoms with Gasteiger partial charge in [0.05, 0.1) is 30.9 Å². The van der Waals surface area contributed by atoms with Crippen molar-refractivity contribution in [3.8, 4) is 0 Å². The Bertz CT molecular complexity index is 1140. The van der Waals surface area contributed by atoms with Crippen LogP contribution in [-0.2, 0) is 16.9 Å². The Morgan fingerprint density at radius 1 is 1.34 bits per heavy atom. The molecule has 0 bridgehead atoms. The lowest BCUT2D eigenvalue weighted by atomic mass is 10.0. The first-order valence-corrected chi connectivity index (χ1v) is 11.9. The lowest BCUT2D eigenvalue weighted by molar-refractivity contribution is -0.144. The Labute approximate surface area is 209 Å². The lowest BCUT2D eigenvalue weighted by Crippen LogP contribution is -2.16. The molecule has 188 valence electrons. The number of nitrogens with zero attached hydrogens (tertiary/aromatic N) is 4. The minimum absolute atomic E-state index is 0.0236. The van der Waals surface area contributed by atoms with Crippen molar-refractivity contribution in [1.82, 2.24) is 19.7 Å². The number of hydrogen-bond acceptors (Lipinski definition) is 8. The second-order valence-corrected chi connectivity index (χ2v) is 8.55. The highest BCUT2D eigenvalue weighted by Crippen LogP contribution is 2.31. The van der Waals surface area contributed by atoms with E-state index in [4.69, 9.17) is 20.9 Å². The van der Waals surface area contributed by atoms with Crippen LogP contribution in [0.5, 0.6) is 0 Å². The van der Waals surface area contributed by atoms with Crippen molar-refractivity contribution in [1.29, 1.82) is 0 Å². The molecule has 0 spiro atoms. The van der Waals surface area contributed by atoms with Crippen LogP contribution < -0.4 is 10.5 Å². The van der Waals surface area contributed by atoms with Crippen molar-refractivity contribution < 1.29 is 22.1 Å². The maximum atomic E-state index is 13.7. The van der Waals surface area contributed by atoms with E-state index in [1.807, 2.05) is 6.92 Å². The first-order valence-electron chi connectivity index (χ1n) is 10.7. The zero-order valence-corrected chi connectivity index (χ0v) is 20.3. The second kappa shape index (κ2) is 12.3. The van der Waals surface area contributed by atoms with Gasteiger partial charge in [0, 0.05) is 23.8 Å². The van der Waals surface area contributed by atoms with Crippen LogP contribution in [0.25, 0.3) is 0 Å². The Balaban J connectivity index is 1.82. The van der Waals surface area contributed by atoms with Crippen LogP contribution in [0, 0.1) is 5.92 Å². The second-order valence-electron chi connectivity index (χ2n) is 7.68. The van der Waals surface area contributed by atoms with Gasteiger partial charge in [-0.3, -0.25) is 14.6 Å². The number of anilines is 1. The Hall–Kier alpha value is -2.67. The Morgan fingerprint density at radius 3 is 2.83 bits per heavy atom. The molecule has 2 aromatic heterocycles. The minimum atomic E-state index is -4.71. The predicted octanol–water partition coefficient (Wildman–Crippen LogP) is 4.99. The number of carbonyl (C=O) groups is 1. The fourth-order valence-electron chi connectivity index (χ4n) is 3.39. The van der Waals surface area contributed by atoms with Crippen LogP contribution in [0.4, 0.5) is 19.0 Å². The third-order valence-electron chi connectivity index (χ3n) is 5.28. The molecule has 1 unspecified atom stereocenters. The van der Waals surface area contributed by atoms with Crippen LogP contribution in [0.15, 0.2) is 42.9 Å². The lowest BCUT2D eigenvalue weighted by Gasteiger charge is -2.15. The van der Waals surface area contributed by atoms with Crippen LogP contribution >= 0.6 is 23.8 Å². The first kappa shape index (κ1) is 26.9. The Morgan fingerprint density at radius 2 is 2.14 bits per heavy atom. The summed E-state index contributed by atoms with van der Waals surface area (Å²) in [5.74, 6) is -0.277. The van der Waals surface area contributed by atoms with E-state index >= 15 is 0 Å². The summed E-state index contributed by atoms with van der Waals surface area (Å²) in [6, 6.07) is 7.15. The molecule has 0 saturated heterocycles. The highest BCUT2D eigenvalue weighted by atomic mass is 35.5. The topological polar surface area (TPSA) is 108 Å². The van der Waals surface area contributed by atoms with Gasteiger partial charge in [-0.2, -0.15) is 18.3 Å². The maximum absolute atomic E-state index is 13.7. The van der Waals surface area contributed by atoms with Crippen LogP contribution in [0.2, 0.25) is 5.02 Å². The van der Waals surface area contributed by atoms with Crippen molar-refractivity contribution in [2.75, 3.05) is 18.5 Å². The van der Waals surface area contributed by atoms with E-state index in [2.05, 4.69) is 20.4 Å². The van der Waals surface area contributed by atoms with Gasteiger partial charge >= 0.3 is 6.18 Å². The molecule has 0 aliphatic carbocycles. The van der Waals surface area contributed by atoms with Gasteiger partial charge in [-0.25, -0.2) is 9.97 Å². The molecule has 0 amide bonds. The number of nitrogens with one attached hydrogen (secondary N) is 1. The van der Waals surface area contributed by atoms with Gasteiger partial charge in [0.15, 0.2) is 0 Å². The Kier molecular flexibility index (Phi) is 9.49. The molecule has 0 radical (unpaired) electrons. The highest BCUT2D eigenvalue weighted by Gasteiger charge is 2.37. The van der Waals surface area contributed by atoms with Gasteiger partial charge < -0.3 is 9.50 Å². The third-order valence-corrected chi connectivity index (χ3v) is 5.78. The normalized spacial score (nSPS) is 12.5. The predicted molar refractivity (Wildman–Crippen MR) is 128 cm³/mol. The van der Waals surface area contributed by atoms with Crippen molar-refractivity contribution in [2.24, 2.45) is 11.1 Å². The van der Waals surface area contributed by atoms with Crippen molar-refractivity contribution in [3.05, 3.63) is 70.4 Å². The van der Waals surface area contributed by atoms with Crippen molar-refractivity contribution in [3.63, 3.8) is 0 Å². The molecule has 0 aliphatic rings. The summed E-state index contributed by atoms with van der Waals surface area (Å²) in [4.78, 5) is 21.1. The monoisotopic (exact) mass is 528 g/mol. The quantitative estimate of drug-likeness (QED) is 0.192. The molecule has 0 aliphatic heterocycles. The van der Waals surface area contributed by atoms with E-state index in [0.29, 0.717) is 30.2 Å². The summed E-state index contributed by atoms with van der Waals surface area (Å²) >= 11 is 6.75. The summed E-state index contributed by atoms with van der Waals surface area (Å²) < 4.78 is 47.0. The molecule has 13 heteroatoms. The van der Waals surface area contributed by atoms with E-state index in [0.717, 1.165) is 29.4 Å². The number of rotatable bonds is 12. The van der Waals surface area contributed by atoms with Gasteiger partial charge in [0.25, 0.3) is 0 Å². The molecular weight excluding hydrogens is 505 g/mol. The summed E-state index contributed by atoms with van der Waals surface area (Å²) in [7, 11) is 0. The fourth-order valence-corrected chi connectivity index (χ4v) is 3.88. The molecule has 3 rings (SSSR count). The van der Waals surface area contributed by atoms with Crippen molar-refractivity contribution >= 4 is 35.4 Å².